The van der Waals surface area contributed by atoms with Crippen molar-refractivity contribution in [2.45, 2.75) is 32.6 Å². The van der Waals surface area contributed by atoms with E-state index in [2.05, 4.69) is 30.1 Å². The average Bonchev–Trinajstić information content (AvgIpc) is 3.32. The summed E-state index contributed by atoms with van der Waals surface area (Å²) in [4.78, 5) is 41.5. The summed E-state index contributed by atoms with van der Waals surface area (Å²) in [6.07, 6.45) is 3.12. The van der Waals surface area contributed by atoms with Crippen LogP contribution in [0, 0.1) is 6.92 Å². The Morgan fingerprint density at radius 3 is 2.23 bits per heavy atom. The highest BCUT2D eigenvalue weighted by Crippen LogP contribution is 2.28. The predicted molar refractivity (Wildman–Crippen MR) is 134 cm³/mol. The molecule has 6 heteroatoms. The van der Waals surface area contributed by atoms with E-state index in [1.165, 1.54) is 21.4 Å². The minimum absolute atomic E-state index is 0.232. The number of carbonyl (C=O) groups excluding carboxylic acids is 2. The molecule has 0 unspecified atom stereocenters. The van der Waals surface area contributed by atoms with E-state index in [0.29, 0.717) is 24.1 Å². The zero-order valence-electron chi connectivity index (χ0n) is 19.5. The third-order valence-electron chi connectivity index (χ3n) is 6.71. The number of rotatable bonds is 8. The molecule has 1 aliphatic rings. The average molecular weight is 467 g/mol. The van der Waals surface area contributed by atoms with Crippen molar-refractivity contribution in [2.75, 3.05) is 6.54 Å². The third-order valence-corrected chi connectivity index (χ3v) is 6.71. The molecule has 1 aliphatic heterocycles. The fourth-order valence-electron chi connectivity index (χ4n) is 4.87. The molecule has 4 aromatic rings. The first-order valence-electron chi connectivity index (χ1n) is 11.8. The molecule has 0 saturated carbocycles. The van der Waals surface area contributed by atoms with Gasteiger partial charge >= 0.3 is 5.97 Å². The van der Waals surface area contributed by atoms with E-state index in [-0.39, 0.29) is 17.4 Å². The van der Waals surface area contributed by atoms with Crippen molar-refractivity contribution in [3.63, 3.8) is 0 Å². The van der Waals surface area contributed by atoms with E-state index < -0.39 is 5.97 Å². The summed E-state index contributed by atoms with van der Waals surface area (Å²) in [5.41, 5.74) is 6.81. The number of nitrogens with one attached hydrogen (secondary N) is 1. The lowest BCUT2D eigenvalue weighted by Gasteiger charge is -2.14. The van der Waals surface area contributed by atoms with Crippen LogP contribution in [0.1, 0.15) is 59.9 Å². The van der Waals surface area contributed by atoms with Gasteiger partial charge in [0, 0.05) is 29.6 Å². The summed E-state index contributed by atoms with van der Waals surface area (Å²) in [6, 6.07) is 20.3. The quantitative estimate of drug-likeness (QED) is 0.350. The highest BCUT2D eigenvalue weighted by Gasteiger charge is 2.34. The molecule has 3 aromatic carbocycles. The normalized spacial score (nSPS) is 13.0. The minimum Gasteiger partial charge on any atom is -0.478 e. The first-order valence-corrected chi connectivity index (χ1v) is 11.8. The van der Waals surface area contributed by atoms with Crippen LogP contribution in [-0.2, 0) is 19.3 Å². The highest BCUT2D eigenvalue weighted by molar-refractivity contribution is 6.21. The second kappa shape index (κ2) is 9.22. The van der Waals surface area contributed by atoms with Gasteiger partial charge in [0.15, 0.2) is 0 Å². The lowest BCUT2D eigenvalue weighted by molar-refractivity contribution is 0.0652. The first kappa shape index (κ1) is 22.6. The summed E-state index contributed by atoms with van der Waals surface area (Å²) in [7, 11) is 0. The number of nitrogens with zero attached hydrogens (tertiary/aromatic N) is 1. The summed E-state index contributed by atoms with van der Waals surface area (Å²) < 4.78 is 0. The lowest BCUT2D eigenvalue weighted by Crippen LogP contribution is -2.32. The molecule has 176 valence electrons. The number of aromatic nitrogens is 1. The summed E-state index contributed by atoms with van der Waals surface area (Å²) >= 11 is 0. The van der Waals surface area contributed by atoms with Crippen LogP contribution in [0.3, 0.4) is 0 Å². The van der Waals surface area contributed by atoms with Crippen molar-refractivity contribution < 1.29 is 19.5 Å². The maximum atomic E-state index is 12.8. The standard InChI is InChI=1S/C29H26N2O4/c1-18-9-14-25-24(17-18)21(8-4-5-19-10-12-20(13-11-19)29(34)35)26(30-25)15-16-31-27(32)22-6-2-3-7-23(22)28(31)33/h2-3,6-7,9-14,17,30H,4-5,8,15-16H2,1H3,(H,34,35). The monoisotopic (exact) mass is 466 g/mol. The molecule has 0 radical (unpaired) electrons. The van der Waals surface area contributed by atoms with Gasteiger partial charge in [-0.1, -0.05) is 35.9 Å². The smallest absolute Gasteiger partial charge is 0.335 e. The number of aromatic carboxylic acids is 1. The maximum Gasteiger partial charge on any atom is 0.335 e. The summed E-state index contributed by atoms with van der Waals surface area (Å²) in [5, 5.41) is 10.3. The Morgan fingerprint density at radius 1 is 0.886 bits per heavy atom. The Hall–Kier alpha value is -4.19. The minimum atomic E-state index is -0.923. The topological polar surface area (TPSA) is 90.5 Å². The van der Waals surface area contributed by atoms with Crippen LogP contribution in [0.4, 0.5) is 0 Å². The Balaban J connectivity index is 1.33. The Kier molecular flexibility index (Phi) is 5.95. The number of carboxylic acids is 1. The number of hydrogen-bond acceptors (Lipinski definition) is 3. The Bertz CT molecular complexity index is 1410. The molecule has 0 saturated heterocycles. The number of hydrogen-bond donors (Lipinski definition) is 2. The summed E-state index contributed by atoms with van der Waals surface area (Å²) in [5.74, 6) is -1.39. The SMILES string of the molecule is Cc1ccc2[nH]c(CCN3C(=O)c4ccccc4C3=O)c(CCCc3ccc(C(=O)O)cc3)c2c1. The first-order chi connectivity index (χ1) is 16.9. The molecule has 0 aliphatic carbocycles. The number of benzene rings is 3. The molecule has 6 nitrogen and oxygen atoms in total. The van der Waals surface area contributed by atoms with Gasteiger partial charge in [0.2, 0.25) is 0 Å². The molecule has 0 fully saturated rings. The van der Waals surface area contributed by atoms with Gasteiger partial charge in [-0.05, 0) is 73.7 Å². The molecule has 2 heterocycles. The van der Waals surface area contributed by atoms with E-state index in [9.17, 15) is 14.4 Å². The van der Waals surface area contributed by atoms with E-state index in [1.807, 2.05) is 12.1 Å². The second-order valence-corrected chi connectivity index (χ2v) is 9.04. The Morgan fingerprint density at radius 2 is 1.57 bits per heavy atom. The molecule has 5 rings (SSSR count). The zero-order chi connectivity index (χ0) is 24.5. The molecule has 0 spiro atoms. The van der Waals surface area contributed by atoms with Gasteiger partial charge in [0.25, 0.3) is 11.8 Å². The van der Waals surface area contributed by atoms with E-state index in [4.69, 9.17) is 5.11 Å². The van der Waals surface area contributed by atoms with E-state index in [1.54, 1.807) is 36.4 Å². The number of amides is 2. The van der Waals surface area contributed by atoms with Crippen LogP contribution in [0.5, 0.6) is 0 Å². The molecule has 2 amide bonds. The largest absolute Gasteiger partial charge is 0.478 e. The number of H-pyrrole nitrogens is 1. The van der Waals surface area contributed by atoms with Crippen LogP contribution in [0.25, 0.3) is 10.9 Å². The fraction of sp³-hybridized carbons (Fsp3) is 0.207. The van der Waals surface area contributed by atoms with E-state index >= 15 is 0 Å². The van der Waals surface area contributed by atoms with Crippen LogP contribution < -0.4 is 0 Å². The number of carbonyl (C=O) groups is 3. The van der Waals surface area contributed by atoms with Crippen molar-refractivity contribution in [1.29, 1.82) is 0 Å². The van der Waals surface area contributed by atoms with Crippen molar-refractivity contribution in [2.24, 2.45) is 0 Å². The molecule has 0 bridgehead atoms. The Labute approximate surface area is 203 Å². The van der Waals surface area contributed by atoms with Gasteiger partial charge < -0.3 is 10.1 Å². The van der Waals surface area contributed by atoms with Crippen molar-refractivity contribution in [3.8, 4) is 0 Å². The molecular weight excluding hydrogens is 440 g/mol. The van der Waals surface area contributed by atoms with Gasteiger partial charge in [-0.15, -0.1) is 0 Å². The van der Waals surface area contributed by atoms with Crippen LogP contribution in [0.15, 0.2) is 66.7 Å². The fourth-order valence-corrected chi connectivity index (χ4v) is 4.87. The molecular formula is C29H26N2O4. The molecule has 2 N–H and O–H groups in total. The van der Waals surface area contributed by atoms with Crippen molar-refractivity contribution in [3.05, 3.63) is 106 Å². The lowest BCUT2D eigenvalue weighted by atomic mass is 9.99. The van der Waals surface area contributed by atoms with Crippen molar-refractivity contribution >= 4 is 28.7 Å². The zero-order valence-corrected chi connectivity index (χ0v) is 19.5. The maximum absolute atomic E-state index is 12.8. The number of imide groups is 1. The van der Waals surface area contributed by atoms with Gasteiger partial charge in [-0.25, -0.2) is 4.79 Å². The number of aryl methyl sites for hydroxylation is 3. The number of aromatic amines is 1. The van der Waals surface area contributed by atoms with Gasteiger partial charge in [0.1, 0.15) is 0 Å². The molecule has 35 heavy (non-hydrogen) atoms. The van der Waals surface area contributed by atoms with Crippen LogP contribution >= 0.6 is 0 Å². The summed E-state index contributed by atoms with van der Waals surface area (Å²) in [6.45, 7) is 2.39. The van der Waals surface area contributed by atoms with Gasteiger partial charge in [0.05, 0.1) is 16.7 Å². The molecule has 1 aromatic heterocycles. The van der Waals surface area contributed by atoms with Gasteiger partial charge in [-0.2, -0.15) is 0 Å². The van der Waals surface area contributed by atoms with Crippen LogP contribution in [-0.4, -0.2) is 39.3 Å². The second-order valence-electron chi connectivity index (χ2n) is 9.04. The number of carboxylic acid groups (broad SMARTS) is 1. The third kappa shape index (κ3) is 4.35. The molecule has 0 atom stereocenters. The van der Waals surface area contributed by atoms with E-state index in [0.717, 1.165) is 36.0 Å². The predicted octanol–water partition coefficient (Wildman–Crippen LogP) is 5.19. The van der Waals surface area contributed by atoms with Crippen LogP contribution in [0.2, 0.25) is 0 Å². The highest BCUT2D eigenvalue weighted by atomic mass is 16.4. The number of fused-ring (bicyclic) bond motifs is 2. The van der Waals surface area contributed by atoms with Gasteiger partial charge in [-0.3, -0.25) is 14.5 Å². The van der Waals surface area contributed by atoms with Crippen molar-refractivity contribution in [1.82, 2.24) is 9.88 Å².